The molecular weight excluding hydrogens is 286 g/mol. The molecule has 0 aromatic heterocycles. The molecule has 110 valence electrons. The lowest BCUT2D eigenvalue weighted by Gasteiger charge is -2.09. The fourth-order valence-corrected chi connectivity index (χ4v) is 1.23. The molecule has 0 bridgehead atoms. The zero-order valence-electron chi connectivity index (χ0n) is 9.83. The predicted octanol–water partition coefficient (Wildman–Crippen LogP) is 1.82. The molecule has 0 aliphatic carbocycles. The smallest absolute Gasteiger partial charge is 0.322 e. The van der Waals surface area contributed by atoms with Gasteiger partial charge in [-0.1, -0.05) is 0 Å². The first kappa shape index (κ1) is 15.8. The van der Waals surface area contributed by atoms with Crippen LogP contribution in [0.1, 0.15) is 0 Å². The van der Waals surface area contributed by atoms with Gasteiger partial charge in [-0.05, 0) is 6.07 Å². The topological polar surface area (TPSA) is 84.3 Å². The van der Waals surface area contributed by atoms with Gasteiger partial charge in [0, 0.05) is 6.07 Å². The number of nitrogens with one attached hydrogen (secondary N) is 2. The average molecular weight is 295 g/mol. The van der Waals surface area contributed by atoms with Crippen LogP contribution >= 0.6 is 0 Å². The number of alkyl halides is 3. The molecule has 20 heavy (non-hydrogen) atoms. The number of nitrogens with zero attached hydrogens (tertiary/aromatic N) is 1. The minimum Gasteiger partial charge on any atom is -0.322 e. The highest BCUT2D eigenvalue weighted by atomic mass is 19.4. The number of nitro groups is 1. The van der Waals surface area contributed by atoms with Crippen LogP contribution in [0, 0.1) is 15.9 Å². The molecule has 1 amide bonds. The molecule has 0 aliphatic rings. The van der Waals surface area contributed by atoms with Crippen molar-refractivity contribution in [3.05, 3.63) is 34.1 Å². The third-order valence-electron chi connectivity index (χ3n) is 2.05. The fraction of sp³-hybridized carbons (Fsp3) is 0.300. The maximum absolute atomic E-state index is 13.4. The molecule has 1 rings (SSSR count). The summed E-state index contributed by atoms with van der Waals surface area (Å²) in [7, 11) is 0. The Morgan fingerprint density at radius 2 is 2.00 bits per heavy atom. The van der Waals surface area contributed by atoms with Gasteiger partial charge >= 0.3 is 6.18 Å². The van der Waals surface area contributed by atoms with Crippen LogP contribution in [0.3, 0.4) is 0 Å². The summed E-state index contributed by atoms with van der Waals surface area (Å²) in [5.74, 6) is -1.95. The van der Waals surface area contributed by atoms with Crippen molar-refractivity contribution in [2.24, 2.45) is 0 Å². The molecule has 0 saturated carbocycles. The SMILES string of the molecule is O=C(CNCC(F)(F)F)Nc1ccc([N+](=O)[O-])cc1F. The molecule has 0 saturated heterocycles. The number of carbonyl (C=O) groups is 1. The second kappa shape index (κ2) is 6.28. The quantitative estimate of drug-likeness (QED) is 0.493. The number of rotatable bonds is 5. The lowest BCUT2D eigenvalue weighted by atomic mass is 10.2. The van der Waals surface area contributed by atoms with Gasteiger partial charge in [0.1, 0.15) is 0 Å². The summed E-state index contributed by atoms with van der Waals surface area (Å²) >= 11 is 0. The monoisotopic (exact) mass is 295 g/mol. The molecule has 0 aliphatic heterocycles. The van der Waals surface area contributed by atoms with Crippen molar-refractivity contribution in [1.29, 1.82) is 0 Å². The van der Waals surface area contributed by atoms with Gasteiger partial charge in [0.15, 0.2) is 5.82 Å². The van der Waals surface area contributed by atoms with Crippen molar-refractivity contribution in [2.45, 2.75) is 6.18 Å². The number of carbonyl (C=O) groups excluding carboxylic acids is 1. The van der Waals surface area contributed by atoms with E-state index in [0.29, 0.717) is 6.07 Å². The molecule has 10 heteroatoms. The average Bonchev–Trinajstić information content (AvgIpc) is 2.29. The van der Waals surface area contributed by atoms with Crippen molar-refractivity contribution in [1.82, 2.24) is 5.32 Å². The van der Waals surface area contributed by atoms with E-state index in [1.54, 1.807) is 0 Å². The van der Waals surface area contributed by atoms with E-state index in [1.165, 1.54) is 0 Å². The summed E-state index contributed by atoms with van der Waals surface area (Å²) in [5.41, 5.74) is -0.856. The summed E-state index contributed by atoms with van der Waals surface area (Å²) in [6.07, 6.45) is -4.46. The Morgan fingerprint density at radius 3 is 2.50 bits per heavy atom. The van der Waals surface area contributed by atoms with Gasteiger partial charge in [-0.25, -0.2) is 4.39 Å². The number of halogens is 4. The number of hydrogen-bond acceptors (Lipinski definition) is 4. The van der Waals surface area contributed by atoms with Crippen LogP contribution in [-0.4, -0.2) is 30.1 Å². The number of hydrogen-bond donors (Lipinski definition) is 2. The Bertz CT molecular complexity index is 519. The zero-order chi connectivity index (χ0) is 15.3. The highest BCUT2D eigenvalue weighted by Gasteiger charge is 2.26. The first-order valence-corrected chi connectivity index (χ1v) is 5.20. The van der Waals surface area contributed by atoms with Crippen molar-refractivity contribution in [3.63, 3.8) is 0 Å². The molecule has 6 nitrogen and oxygen atoms in total. The molecule has 1 aromatic carbocycles. The summed E-state index contributed by atoms with van der Waals surface area (Å²) < 4.78 is 48.8. The third kappa shape index (κ3) is 5.18. The van der Waals surface area contributed by atoms with Crippen LogP contribution in [0.25, 0.3) is 0 Å². The maximum atomic E-state index is 13.4. The number of nitro benzene ring substituents is 1. The second-order valence-corrected chi connectivity index (χ2v) is 3.69. The maximum Gasteiger partial charge on any atom is 0.401 e. The van der Waals surface area contributed by atoms with Crippen LogP contribution in [0.2, 0.25) is 0 Å². The van der Waals surface area contributed by atoms with Gasteiger partial charge in [0.05, 0.1) is 29.8 Å². The second-order valence-electron chi connectivity index (χ2n) is 3.69. The molecule has 0 fully saturated rings. The highest BCUT2D eigenvalue weighted by molar-refractivity contribution is 5.92. The molecule has 2 N–H and O–H groups in total. The molecule has 1 aromatic rings. The van der Waals surface area contributed by atoms with Gasteiger partial charge in [0.2, 0.25) is 5.91 Å². The van der Waals surface area contributed by atoms with Crippen molar-refractivity contribution in [2.75, 3.05) is 18.4 Å². The number of benzene rings is 1. The Morgan fingerprint density at radius 1 is 1.35 bits per heavy atom. The van der Waals surface area contributed by atoms with Crippen LogP contribution < -0.4 is 10.6 Å². The molecule has 0 unspecified atom stereocenters. The van der Waals surface area contributed by atoms with Crippen molar-refractivity contribution < 1.29 is 27.3 Å². The lowest BCUT2D eigenvalue weighted by molar-refractivity contribution is -0.385. The van der Waals surface area contributed by atoms with Crippen LogP contribution in [0.15, 0.2) is 18.2 Å². The Hall–Kier alpha value is -2.23. The molecule has 0 heterocycles. The predicted molar refractivity (Wildman–Crippen MR) is 60.6 cm³/mol. The third-order valence-corrected chi connectivity index (χ3v) is 2.05. The van der Waals surface area contributed by atoms with Crippen LogP contribution in [0.5, 0.6) is 0 Å². The van der Waals surface area contributed by atoms with Crippen LogP contribution in [-0.2, 0) is 4.79 Å². The first-order valence-electron chi connectivity index (χ1n) is 5.20. The van der Waals surface area contributed by atoms with Gasteiger partial charge in [-0.3, -0.25) is 14.9 Å². The molecule has 0 atom stereocenters. The Kier molecular flexibility index (Phi) is 4.97. The van der Waals surface area contributed by atoms with Gasteiger partial charge in [-0.2, -0.15) is 13.2 Å². The van der Waals surface area contributed by atoms with E-state index >= 15 is 0 Å². The largest absolute Gasteiger partial charge is 0.401 e. The van der Waals surface area contributed by atoms with Crippen molar-refractivity contribution in [3.8, 4) is 0 Å². The summed E-state index contributed by atoms with van der Waals surface area (Å²) in [6.45, 7) is -2.03. The van der Waals surface area contributed by atoms with Gasteiger partial charge in [0.25, 0.3) is 5.69 Å². The summed E-state index contributed by atoms with van der Waals surface area (Å²) in [6, 6.07) is 2.51. The van der Waals surface area contributed by atoms with Gasteiger partial charge in [-0.15, -0.1) is 0 Å². The van der Waals surface area contributed by atoms with E-state index < -0.39 is 41.6 Å². The summed E-state index contributed by atoms with van der Waals surface area (Å²) in [4.78, 5) is 20.8. The van der Waals surface area contributed by atoms with Crippen LogP contribution in [0.4, 0.5) is 28.9 Å². The van der Waals surface area contributed by atoms with E-state index in [0.717, 1.165) is 12.1 Å². The lowest BCUT2D eigenvalue weighted by Crippen LogP contribution is -2.35. The van der Waals surface area contributed by atoms with E-state index in [-0.39, 0.29) is 5.69 Å². The van der Waals surface area contributed by atoms with E-state index in [2.05, 4.69) is 0 Å². The Balaban J connectivity index is 2.56. The standard InChI is InChI=1S/C10H9F4N3O3/c11-7-3-6(17(19)20)1-2-8(7)16-9(18)4-15-5-10(12,13)14/h1-3,15H,4-5H2,(H,16,18). The first-order chi connectivity index (χ1) is 9.19. The highest BCUT2D eigenvalue weighted by Crippen LogP contribution is 2.20. The van der Waals surface area contributed by atoms with E-state index in [9.17, 15) is 32.5 Å². The molecular formula is C10H9F4N3O3. The Labute approximate surface area is 109 Å². The zero-order valence-corrected chi connectivity index (χ0v) is 9.83. The minimum atomic E-state index is -4.46. The normalized spacial score (nSPS) is 11.2. The van der Waals surface area contributed by atoms with Gasteiger partial charge < -0.3 is 10.6 Å². The molecule has 0 spiro atoms. The number of amides is 1. The number of anilines is 1. The minimum absolute atomic E-state index is 0.352. The summed E-state index contributed by atoms with van der Waals surface area (Å²) in [5, 5.41) is 14.2. The molecule has 0 radical (unpaired) electrons. The number of non-ortho nitro benzene ring substituents is 1. The van der Waals surface area contributed by atoms with Crippen molar-refractivity contribution >= 4 is 17.3 Å². The van der Waals surface area contributed by atoms with E-state index in [1.807, 2.05) is 10.6 Å². The van der Waals surface area contributed by atoms with E-state index in [4.69, 9.17) is 0 Å². The fourth-order valence-electron chi connectivity index (χ4n) is 1.23.